The third-order valence-electron chi connectivity index (χ3n) is 5.97. The second-order valence-electron chi connectivity index (χ2n) is 8.93. The lowest BCUT2D eigenvalue weighted by Crippen LogP contribution is -2.37. The van der Waals surface area contributed by atoms with Crippen LogP contribution in [0.5, 0.6) is 5.75 Å². The third-order valence-corrected chi connectivity index (χ3v) is 7.88. The topological polar surface area (TPSA) is 100 Å². The normalized spacial score (nSPS) is 14.2. The van der Waals surface area contributed by atoms with Crippen LogP contribution in [-0.4, -0.2) is 51.1 Å². The molecule has 1 aromatic carbocycles. The number of benzene rings is 1. The van der Waals surface area contributed by atoms with Gasteiger partial charge in [0.15, 0.2) is 5.82 Å². The molecular weight excluding hydrogens is 494 g/mol. The zero-order valence-electron chi connectivity index (χ0n) is 20.1. The highest BCUT2D eigenvalue weighted by Crippen LogP contribution is 2.31. The molecule has 0 spiro atoms. The number of rotatable bonds is 7. The average Bonchev–Trinajstić information content (AvgIpc) is 3.66. The molecule has 4 aromatic rings. The van der Waals surface area contributed by atoms with Gasteiger partial charge in [0.2, 0.25) is 0 Å². The molecule has 0 bridgehead atoms. The number of carbonyl (C=O) groups is 2. The number of amides is 2. The molecule has 36 heavy (non-hydrogen) atoms. The standard InChI is InChI=1S/C26H27N5O3S2/c1-16(2)34-19-7-5-18(6-8-19)26(33)31-11-9-17(10-12-31)25-27-21(15-36-25)24(32)28-23-14-20(29-30-23)22-4-3-13-35-22/h3-8,13-17H,9-12H2,1-2H3,(H2,28,29,30,32). The summed E-state index contributed by atoms with van der Waals surface area (Å²) >= 11 is 3.10. The fraction of sp³-hybridized carbons (Fsp3) is 0.308. The molecule has 186 valence electrons. The first-order chi connectivity index (χ1) is 17.5. The van der Waals surface area contributed by atoms with E-state index in [1.165, 1.54) is 11.3 Å². The zero-order valence-corrected chi connectivity index (χ0v) is 21.7. The van der Waals surface area contributed by atoms with Crippen LogP contribution >= 0.6 is 22.7 Å². The van der Waals surface area contributed by atoms with Crippen LogP contribution in [0.3, 0.4) is 0 Å². The van der Waals surface area contributed by atoms with Gasteiger partial charge in [-0.15, -0.1) is 22.7 Å². The number of hydrogen-bond acceptors (Lipinski definition) is 7. The maximum absolute atomic E-state index is 12.9. The Hall–Kier alpha value is -3.50. The number of thiazole rings is 1. The van der Waals surface area contributed by atoms with E-state index in [4.69, 9.17) is 4.74 Å². The summed E-state index contributed by atoms with van der Waals surface area (Å²) in [5.74, 6) is 1.22. The average molecular weight is 522 g/mol. The molecule has 1 aliphatic rings. The summed E-state index contributed by atoms with van der Waals surface area (Å²) in [6, 6.07) is 13.1. The molecule has 0 aliphatic carbocycles. The van der Waals surface area contributed by atoms with Crippen molar-refractivity contribution in [2.75, 3.05) is 18.4 Å². The minimum atomic E-state index is -0.278. The Morgan fingerprint density at radius 1 is 1.14 bits per heavy atom. The van der Waals surface area contributed by atoms with Crippen LogP contribution in [0, 0.1) is 0 Å². The molecule has 3 aromatic heterocycles. The molecule has 0 atom stereocenters. The summed E-state index contributed by atoms with van der Waals surface area (Å²) in [6.07, 6.45) is 1.73. The molecule has 10 heteroatoms. The molecule has 2 amide bonds. The van der Waals surface area contributed by atoms with E-state index < -0.39 is 0 Å². The molecule has 1 fully saturated rings. The smallest absolute Gasteiger partial charge is 0.276 e. The predicted molar refractivity (Wildman–Crippen MR) is 142 cm³/mol. The van der Waals surface area contributed by atoms with Gasteiger partial charge in [0.1, 0.15) is 11.4 Å². The monoisotopic (exact) mass is 521 g/mol. The lowest BCUT2D eigenvalue weighted by Gasteiger charge is -2.31. The van der Waals surface area contributed by atoms with Gasteiger partial charge in [-0.3, -0.25) is 14.7 Å². The van der Waals surface area contributed by atoms with E-state index in [0.29, 0.717) is 30.2 Å². The first kappa shape index (κ1) is 24.2. The summed E-state index contributed by atoms with van der Waals surface area (Å²) in [5.41, 5.74) is 1.91. The summed E-state index contributed by atoms with van der Waals surface area (Å²) in [4.78, 5) is 33.2. The van der Waals surface area contributed by atoms with Crippen molar-refractivity contribution in [2.24, 2.45) is 0 Å². The van der Waals surface area contributed by atoms with Crippen molar-refractivity contribution in [3.05, 3.63) is 69.5 Å². The Bertz CT molecular complexity index is 1320. The predicted octanol–water partition coefficient (Wildman–Crippen LogP) is 5.65. The van der Waals surface area contributed by atoms with E-state index in [1.807, 2.05) is 66.6 Å². The Morgan fingerprint density at radius 3 is 2.61 bits per heavy atom. The molecule has 0 saturated carbocycles. The minimum absolute atomic E-state index is 0.0321. The van der Waals surface area contributed by atoms with Gasteiger partial charge < -0.3 is 15.0 Å². The number of H-pyrrole nitrogens is 1. The molecular formula is C26H27N5O3S2. The number of thiophene rings is 1. The van der Waals surface area contributed by atoms with Gasteiger partial charge in [-0.05, 0) is 62.4 Å². The molecule has 1 aliphatic heterocycles. The Kier molecular flexibility index (Phi) is 7.15. The molecule has 4 heterocycles. The fourth-order valence-corrected chi connectivity index (χ4v) is 5.83. The van der Waals surface area contributed by atoms with Crippen molar-refractivity contribution < 1.29 is 14.3 Å². The lowest BCUT2D eigenvalue weighted by molar-refractivity contribution is 0.0713. The molecule has 8 nitrogen and oxygen atoms in total. The van der Waals surface area contributed by atoms with Gasteiger partial charge in [-0.1, -0.05) is 6.07 Å². The number of anilines is 1. The maximum Gasteiger partial charge on any atom is 0.276 e. The van der Waals surface area contributed by atoms with Crippen LogP contribution in [0.4, 0.5) is 5.82 Å². The van der Waals surface area contributed by atoms with Crippen molar-refractivity contribution in [1.29, 1.82) is 0 Å². The van der Waals surface area contributed by atoms with Crippen LogP contribution in [0.25, 0.3) is 10.6 Å². The number of nitrogens with zero attached hydrogens (tertiary/aromatic N) is 3. The Labute approximate surface area is 217 Å². The molecule has 0 unspecified atom stereocenters. The van der Waals surface area contributed by atoms with Gasteiger partial charge in [0.25, 0.3) is 11.8 Å². The van der Waals surface area contributed by atoms with Gasteiger partial charge in [0.05, 0.1) is 21.7 Å². The highest BCUT2D eigenvalue weighted by molar-refractivity contribution is 7.13. The zero-order chi connectivity index (χ0) is 25.1. The quantitative estimate of drug-likeness (QED) is 0.327. The molecule has 0 radical (unpaired) electrons. The van der Waals surface area contributed by atoms with Gasteiger partial charge in [-0.25, -0.2) is 4.98 Å². The number of nitrogens with one attached hydrogen (secondary N) is 2. The van der Waals surface area contributed by atoms with E-state index in [1.54, 1.807) is 16.7 Å². The molecule has 1 saturated heterocycles. The fourth-order valence-electron chi connectivity index (χ4n) is 4.16. The van der Waals surface area contributed by atoms with Crippen LogP contribution < -0.4 is 10.1 Å². The largest absolute Gasteiger partial charge is 0.491 e. The van der Waals surface area contributed by atoms with Gasteiger partial charge in [-0.2, -0.15) is 5.10 Å². The number of aromatic nitrogens is 3. The van der Waals surface area contributed by atoms with E-state index in [0.717, 1.165) is 34.2 Å². The number of aromatic amines is 1. The molecule has 5 rings (SSSR count). The van der Waals surface area contributed by atoms with E-state index in [-0.39, 0.29) is 23.8 Å². The van der Waals surface area contributed by atoms with E-state index in [9.17, 15) is 9.59 Å². The summed E-state index contributed by atoms with van der Waals surface area (Å²) in [5, 5.41) is 14.7. The van der Waals surface area contributed by atoms with Crippen LogP contribution in [0.2, 0.25) is 0 Å². The highest BCUT2D eigenvalue weighted by atomic mass is 32.1. The summed E-state index contributed by atoms with van der Waals surface area (Å²) < 4.78 is 5.66. The number of hydrogen-bond donors (Lipinski definition) is 2. The van der Waals surface area contributed by atoms with Crippen molar-refractivity contribution in [3.63, 3.8) is 0 Å². The SMILES string of the molecule is CC(C)Oc1ccc(C(=O)N2CCC(c3nc(C(=O)Nc4cc(-c5cccs5)[nH]n4)cs3)CC2)cc1. The van der Waals surface area contributed by atoms with Crippen LogP contribution in [-0.2, 0) is 0 Å². The van der Waals surface area contributed by atoms with Gasteiger partial charge in [0, 0.05) is 36.0 Å². The van der Waals surface area contributed by atoms with Crippen molar-refractivity contribution in [1.82, 2.24) is 20.1 Å². The number of likely N-dealkylation sites (tertiary alicyclic amines) is 1. The first-order valence-electron chi connectivity index (χ1n) is 11.9. The highest BCUT2D eigenvalue weighted by Gasteiger charge is 2.27. The maximum atomic E-state index is 12.9. The second kappa shape index (κ2) is 10.6. The number of carbonyl (C=O) groups excluding carboxylic acids is 2. The molecule has 2 N–H and O–H groups in total. The van der Waals surface area contributed by atoms with Gasteiger partial charge >= 0.3 is 0 Å². The number of ether oxygens (including phenoxy) is 1. The summed E-state index contributed by atoms with van der Waals surface area (Å²) in [6.45, 7) is 5.27. The third kappa shape index (κ3) is 5.50. The number of piperidine rings is 1. The Morgan fingerprint density at radius 2 is 1.92 bits per heavy atom. The minimum Gasteiger partial charge on any atom is -0.491 e. The second-order valence-corrected chi connectivity index (χ2v) is 10.8. The van der Waals surface area contributed by atoms with E-state index >= 15 is 0 Å². The Balaban J connectivity index is 1.15. The first-order valence-corrected chi connectivity index (χ1v) is 13.6. The van der Waals surface area contributed by atoms with E-state index in [2.05, 4.69) is 20.5 Å². The van der Waals surface area contributed by atoms with Crippen LogP contribution in [0.1, 0.15) is 58.5 Å². The van der Waals surface area contributed by atoms with Crippen LogP contribution in [0.15, 0.2) is 53.2 Å². The van der Waals surface area contributed by atoms with Crippen molar-refractivity contribution in [2.45, 2.75) is 38.7 Å². The lowest BCUT2D eigenvalue weighted by atomic mass is 9.97. The van der Waals surface area contributed by atoms with Crippen molar-refractivity contribution >= 4 is 40.3 Å². The van der Waals surface area contributed by atoms with Crippen molar-refractivity contribution in [3.8, 4) is 16.3 Å². The summed E-state index contributed by atoms with van der Waals surface area (Å²) in [7, 11) is 0.